The molecule has 10 nitrogen and oxygen atoms in total. The molecule has 45 heavy (non-hydrogen) atoms. The zero-order valence-corrected chi connectivity index (χ0v) is 26.8. The highest BCUT2D eigenvalue weighted by atomic mass is 32.2. The minimum absolute atomic E-state index is 0.0313. The molecule has 2 aromatic rings. The van der Waals surface area contributed by atoms with E-state index >= 15 is 0 Å². The van der Waals surface area contributed by atoms with Crippen molar-refractivity contribution in [2.45, 2.75) is 55.4 Å². The predicted octanol–water partition coefficient (Wildman–Crippen LogP) is 4.60. The number of hydrogen-bond acceptors (Lipinski definition) is 8. The predicted molar refractivity (Wildman–Crippen MR) is 177 cm³/mol. The number of amides is 3. The van der Waals surface area contributed by atoms with Crippen molar-refractivity contribution >= 4 is 40.8 Å². The van der Waals surface area contributed by atoms with E-state index in [2.05, 4.69) is 45.4 Å². The number of likely N-dealkylation sites (tertiary alicyclic amines) is 1. The fraction of sp³-hybridized carbons (Fsp3) is 0.588. The first-order valence-corrected chi connectivity index (χ1v) is 17.5. The first kappa shape index (κ1) is 30.7. The van der Waals surface area contributed by atoms with Gasteiger partial charge < -0.3 is 39.1 Å². The van der Waals surface area contributed by atoms with Gasteiger partial charge in [0.25, 0.3) is 0 Å². The van der Waals surface area contributed by atoms with Crippen molar-refractivity contribution in [2.75, 3.05) is 81.0 Å². The summed E-state index contributed by atoms with van der Waals surface area (Å²) in [4.78, 5) is 35.3. The minimum atomic E-state index is -0.179. The maximum Gasteiger partial charge on any atom is 0.322 e. The summed E-state index contributed by atoms with van der Waals surface area (Å²) in [5.41, 5.74) is 4.29. The molecule has 0 spiro atoms. The number of benzene rings is 2. The number of carbonyl (C=O) groups excluding carboxylic acids is 2. The summed E-state index contributed by atoms with van der Waals surface area (Å²) in [6.07, 6.45) is 4.85. The molecule has 1 N–H and O–H groups in total. The van der Waals surface area contributed by atoms with Crippen molar-refractivity contribution in [3.63, 3.8) is 0 Å². The SMILES string of the molecule is O=C(CC1OCN(c2ccc(N3CCOCC3)cc2)C(C2CCOCC2)S1)N1CCC(N2CCc3ccccc3NC2=O)CC1. The van der Waals surface area contributed by atoms with Gasteiger partial charge in [0.15, 0.2) is 0 Å². The highest BCUT2D eigenvalue weighted by molar-refractivity contribution is 8.00. The van der Waals surface area contributed by atoms with Crippen LogP contribution in [0.2, 0.25) is 0 Å². The van der Waals surface area contributed by atoms with Gasteiger partial charge in [0.1, 0.15) is 12.2 Å². The molecule has 5 aliphatic heterocycles. The van der Waals surface area contributed by atoms with E-state index in [1.165, 1.54) is 11.3 Å². The van der Waals surface area contributed by atoms with Gasteiger partial charge in [-0.2, -0.15) is 0 Å². The smallest absolute Gasteiger partial charge is 0.322 e. The monoisotopic (exact) mass is 635 g/mol. The lowest BCUT2D eigenvalue weighted by molar-refractivity contribution is -0.134. The molecular weight excluding hydrogens is 590 g/mol. The van der Waals surface area contributed by atoms with E-state index in [4.69, 9.17) is 14.2 Å². The Kier molecular flexibility index (Phi) is 9.67. The number of piperidine rings is 1. The van der Waals surface area contributed by atoms with Crippen molar-refractivity contribution in [3.8, 4) is 0 Å². The van der Waals surface area contributed by atoms with E-state index in [0.717, 1.165) is 83.0 Å². The average Bonchev–Trinajstić information content (AvgIpc) is 3.27. The Bertz CT molecular complexity index is 1310. The molecule has 4 saturated heterocycles. The van der Waals surface area contributed by atoms with E-state index in [0.29, 0.717) is 38.7 Å². The van der Waals surface area contributed by atoms with Crippen LogP contribution in [0.25, 0.3) is 0 Å². The molecule has 5 aliphatic rings. The Balaban J connectivity index is 0.946. The Morgan fingerprint density at radius 3 is 2.31 bits per heavy atom. The Morgan fingerprint density at radius 2 is 1.53 bits per heavy atom. The second kappa shape index (κ2) is 14.2. The van der Waals surface area contributed by atoms with E-state index in [-0.39, 0.29) is 28.8 Å². The van der Waals surface area contributed by atoms with Crippen LogP contribution < -0.4 is 15.1 Å². The molecule has 0 bridgehead atoms. The van der Waals surface area contributed by atoms with Gasteiger partial charge in [0.05, 0.1) is 25.0 Å². The summed E-state index contributed by atoms with van der Waals surface area (Å²) in [5.74, 6) is 0.624. The highest BCUT2D eigenvalue weighted by Gasteiger charge is 2.38. The number of hydrogen-bond donors (Lipinski definition) is 1. The van der Waals surface area contributed by atoms with Crippen LogP contribution in [-0.4, -0.2) is 104 Å². The fourth-order valence-electron chi connectivity index (χ4n) is 7.31. The topological polar surface area (TPSA) is 86.8 Å². The number of rotatable bonds is 6. The van der Waals surface area contributed by atoms with Crippen LogP contribution in [0.3, 0.4) is 0 Å². The van der Waals surface area contributed by atoms with Crippen LogP contribution in [0, 0.1) is 5.92 Å². The number of urea groups is 1. The van der Waals surface area contributed by atoms with E-state index < -0.39 is 0 Å². The van der Waals surface area contributed by atoms with Crippen LogP contribution in [0.15, 0.2) is 48.5 Å². The zero-order chi connectivity index (χ0) is 30.6. The average molecular weight is 636 g/mol. The summed E-state index contributed by atoms with van der Waals surface area (Å²) in [5, 5.41) is 3.32. The van der Waals surface area contributed by atoms with Gasteiger partial charge in [0, 0.05) is 69.0 Å². The lowest BCUT2D eigenvalue weighted by Crippen LogP contribution is -2.51. The molecule has 2 atom stereocenters. The van der Waals surface area contributed by atoms with Crippen LogP contribution in [-0.2, 0) is 25.4 Å². The molecule has 3 amide bonds. The number of anilines is 3. The van der Waals surface area contributed by atoms with Crippen LogP contribution in [0.5, 0.6) is 0 Å². The minimum Gasteiger partial charge on any atom is -0.381 e. The van der Waals surface area contributed by atoms with Crippen molar-refractivity contribution in [1.82, 2.24) is 9.80 Å². The third-order valence-electron chi connectivity index (χ3n) is 9.97. The van der Waals surface area contributed by atoms with E-state index in [9.17, 15) is 9.59 Å². The van der Waals surface area contributed by atoms with Crippen molar-refractivity contribution in [2.24, 2.45) is 5.92 Å². The molecule has 0 aliphatic carbocycles. The molecule has 5 heterocycles. The quantitative estimate of drug-likeness (QED) is 0.493. The van der Waals surface area contributed by atoms with Crippen molar-refractivity contribution in [3.05, 3.63) is 54.1 Å². The normalized spacial score (nSPS) is 25.5. The number of morpholine rings is 1. The zero-order valence-electron chi connectivity index (χ0n) is 26.0. The number of nitrogens with zero attached hydrogens (tertiary/aromatic N) is 4. The number of thioether (sulfide) groups is 1. The van der Waals surface area contributed by atoms with E-state index in [1.54, 1.807) is 11.8 Å². The lowest BCUT2D eigenvalue weighted by atomic mass is 9.99. The summed E-state index contributed by atoms with van der Waals surface area (Å²) in [6, 6.07) is 17.0. The van der Waals surface area contributed by atoms with Gasteiger partial charge in [-0.3, -0.25) is 4.79 Å². The summed E-state index contributed by atoms with van der Waals surface area (Å²) < 4.78 is 17.6. The molecule has 0 radical (unpaired) electrons. The molecule has 7 rings (SSSR count). The molecule has 2 aromatic carbocycles. The maximum absolute atomic E-state index is 13.5. The largest absolute Gasteiger partial charge is 0.381 e. The third-order valence-corrected chi connectivity index (χ3v) is 11.5. The third kappa shape index (κ3) is 7.06. The standard InChI is InChI=1S/C34H45N5O5S/c40-31(37-14-10-29(11-15-37)38-16-9-25-3-1-2-4-30(25)35-34(38)41)23-32-44-24-39(33(45-32)26-12-19-42-20-13-26)28-7-5-27(6-8-28)36-17-21-43-22-18-36/h1-8,26,29,32-33H,9-24H2,(H,35,41). The number of fused-ring (bicyclic) bond motifs is 1. The molecule has 0 aromatic heterocycles. The number of nitrogens with one attached hydrogen (secondary N) is 1. The molecular formula is C34H45N5O5S. The molecule has 4 fully saturated rings. The summed E-state index contributed by atoms with van der Waals surface area (Å²) in [6.45, 7) is 7.46. The first-order chi connectivity index (χ1) is 22.1. The van der Waals surface area contributed by atoms with Crippen molar-refractivity contribution in [1.29, 1.82) is 0 Å². The fourth-order valence-corrected chi connectivity index (χ4v) is 8.83. The maximum atomic E-state index is 13.5. The number of carbonyl (C=O) groups is 2. The second-order valence-corrected chi connectivity index (χ2v) is 13.9. The van der Waals surface area contributed by atoms with Crippen LogP contribution in [0.4, 0.5) is 21.9 Å². The van der Waals surface area contributed by atoms with Crippen LogP contribution in [0.1, 0.15) is 37.7 Å². The summed E-state index contributed by atoms with van der Waals surface area (Å²) in [7, 11) is 0. The highest BCUT2D eigenvalue weighted by Crippen LogP contribution is 2.41. The Hall–Kier alpha value is -2.99. The molecule has 0 saturated carbocycles. The Morgan fingerprint density at radius 1 is 0.822 bits per heavy atom. The van der Waals surface area contributed by atoms with Crippen LogP contribution >= 0.6 is 11.8 Å². The first-order valence-electron chi connectivity index (χ1n) is 16.6. The van der Waals surface area contributed by atoms with Crippen molar-refractivity contribution < 1.29 is 23.8 Å². The van der Waals surface area contributed by atoms with Gasteiger partial charge >= 0.3 is 6.03 Å². The van der Waals surface area contributed by atoms with Gasteiger partial charge in [-0.15, -0.1) is 11.8 Å². The van der Waals surface area contributed by atoms with Gasteiger partial charge in [0.2, 0.25) is 5.91 Å². The Labute approximate surface area is 270 Å². The van der Waals surface area contributed by atoms with Gasteiger partial charge in [-0.1, -0.05) is 18.2 Å². The molecule has 2 unspecified atom stereocenters. The van der Waals surface area contributed by atoms with Gasteiger partial charge in [-0.05, 0) is 73.9 Å². The van der Waals surface area contributed by atoms with E-state index in [1.807, 2.05) is 28.0 Å². The summed E-state index contributed by atoms with van der Waals surface area (Å²) >= 11 is 1.80. The second-order valence-electron chi connectivity index (χ2n) is 12.6. The number of para-hydroxylation sites is 1. The molecule has 242 valence electrons. The number of ether oxygens (including phenoxy) is 3. The molecule has 11 heteroatoms. The lowest BCUT2D eigenvalue weighted by Gasteiger charge is -2.45. The van der Waals surface area contributed by atoms with Gasteiger partial charge in [-0.25, -0.2) is 4.79 Å².